The van der Waals surface area contributed by atoms with Crippen molar-refractivity contribution in [1.29, 1.82) is 0 Å². The Morgan fingerprint density at radius 2 is 2.53 bits per heavy atom. The molecule has 1 aliphatic rings. The van der Waals surface area contributed by atoms with E-state index in [9.17, 15) is 0 Å². The van der Waals surface area contributed by atoms with E-state index in [0.717, 1.165) is 25.7 Å². The van der Waals surface area contributed by atoms with Crippen LogP contribution in [0.3, 0.4) is 0 Å². The van der Waals surface area contributed by atoms with Crippen molar-refractivity contribution in [1.82, 2.24) is 10.2 Å². The first-order valence-electron chi connectivity index (χ1n) is 5.47. The summed E-state index contributed by atoms with van der Waals surface area (Å²) in [5.74, 6) is 0. The smallest absolute Gasteiger partial charge is 0.0331 e. The maximum Gasteiger partial charge on any atom is 0.0331 e. The zero-order chi connectivity index (χ0) is 10.7. The molecule has 0 amide bonds. The van der Waals surface area contributed by atoms with E-state index in [0.29, 0.717) is 0 Å². The molecule has 0 spiro atoms. The van der Waals surface area contributed by atoms with Crippen LogP contribution in [0, 0.1) is 0 Å². The van der Waals surface area contributed by atoms with Crippen molar-refractivity contribution >= 4 is 27.3 Å². The van der Waals surface area contributed by atoms with Gasteiger partial charge in [-0.1, -0.05) is 6.92 Å². The molecule has 1 aliphatic heterocycles. The summed E-state index contributed by atoms with van der Waals surface area (Å²) in [5, 5.41) is 5.59. The number of thiophene rings is 1. The molecule has 0 saturated carbocycles. The Hall–Kier alpha value is 0.1000. The molecule has 1 N–H and O–H groups in total. The van der Waals surface area contributed by atoms with E-state index in [1.165, 1.54) is 22.3 Å². The van der Waals surface area contributed by atoms with Gasteiger partial charge in [0.25, 0.3) is 0 Å². The first kappa shape index (κ1) is 11.6. The number of hydrogen-bond acceptors (Lipinski definition) is 3. The van der Waals surface area contributed by atoms with Gasteiger partial charge in [0.2, 0.25) is 0 Å². The number of rotatable bonds is 4. The molecule has 2 rings (SSSR count). The zero-order valence-corrected chi connectivity index (χ0v) is 11.4. The maximum atomic E-state index is 3.51. The molecule has 0 aliphatic carbocycles. The van der Waals surface area contributed by atoms with E-state index in [1.54, 1.807) is 0 Å². The van der Waals surface area contributed by atoms with Crippen LogP contribution < -0.4 is 5.32 Å². The molecular weight excluding hydrogens is 272 g/mol. The van der Waals surface area contributed by atoms with Crippen LogP contribution in [0.1, 0.15) is 18.2 Å². The van der Waals surface area contributed by atoms with Crippen molar-refractivity contribution < 1.29 is 0 Å². The fourth-order valence-corrected chi connectivity index (χ4v) is 3.56. The first-order valence-corrected chi connectivity index (χ1v) is 7.14. The van der Waals surface area contributed by atoms with Gasteiger partial charge in [0, 0.05) is 33.9 Å². The average Bonchev–Trinajstić information content (AvgIpc) is 2.85. The Labute approximate surface area is 104 Å². The second-order valence-corrected chi connectivity index (χ2v) is 5.85. The van der Waals surface area contributed by atoms with Crippen molar-refractivity contribution in [2.75, 3.05) is 19.6 Å². The molecule has 1 unspecified atom stereocenters. The minimum absolute atomic E-state index is 0.732. The fourth-order valence-electron chi connectivity index (χ4n) is 2.09. The molecule has 1 saturated heterocycles. The first-order chi connectivity index (χ1) is 7.29. The van der Waals surface area contributed by atoms with Crippen LogP contribution in [0.5, 0.6) is 0 Å². The van der Waals surface area contributed by atoms with Gasteiger partial charge >= 0.3 is 0 Å². The summed E-state index contributed by atoms with van der Waals surface area (Å²) in [6, 6.07) is 2.96. The van der Waals surface area contributed by atoms with E-state index in [2.05, 4.69) is 44.5 Å². The highest BCUT2D eigenvalue weighted by Gasteiger charge is 2.21. The third-order valence-electron chi connectivity index (χ3n) is 2.94. The molecule has 1 aromatic rings. The molecule has 2 nitrogen and oxygen atoms in total. The standard InChI is InChI=1S/C11H17BrN2S/c1-2-14(10-3-4-13-6-10)7-11-5-9(12)8-15-11/h5,8,10,13H,2-4,6-7H2,1H3. The predicted molar refractivity (Wildman–Crippen MR) is 69.4 cm³/mol. The highest BCUT2D eigenvalue weighted by atomic mass is 79.9. The van der Waals surface area contributed by atoms with Crippen molar-refractivity contribution in [3.8, 4) is 0 Å². The van der Waals surface area contributed by atoms with Crippen molar-refractivity contribution in [3.63, 3.8) is 0 Å². The lowest BCUT2D eigenvalue weighted by molar-refractivity contribution is 0.212. The molecular formula is C11H17BrN2S. The summed E-state index contributed by atoms with van der Waals surface area (Å²) in [7, 11) is 0. The van der Waals surface area contributed by atoms with Crippen LogP contribution in [-0.2, 0) is 6.54 Å². The summed E-state index contributed by atoms with van der Waals surface area (Å²) >= 11 is 5.35. The van der Waals surface area contributed by atoms with Gasteiger partial charge in [-0.2, -0.15) is 0 Å². The van der Waals surface area contributed by atoms with Gasteiger partial charge in [-0.15, -0.1) is 11.3 Å². The molecule has 1 atom stereocenters. The van der Waals surface area contributed by atoms with Gasteiger partial charge < -0.3 is 5.32 Å². The normalized spacial score (nSPS) is 21.4. The largest absolute Gasteiger partial charge is 0.315 e. The minimum atomic E-state index is 0.732. The molecule has 0 radical (unpaired) electrons. The Kier molecular flexibility index (Phi) is 4.20. The van der Waals surface area contributed by atoms with E-state index >= 15 is 0 Å². The quantitative estimate of drug-likeness (QED) is 0.917. The van der Waals surface area contributed by atoms with Crippen LogP contribution >= 0.6 is 27.3 Å². The fraction of sp³-hybridized carbons (Fsp3) is 0.636. The lowest BCUT2D eigenvalue weighted by atomic mass is 10.2. The number of likely N-dealkylation sites (N-methyl/N-ethyl adjacent to an activating group) is 1. The maximum absolute atomic E-state index is 3.51. The molecule has 1 aromatic heterocycles. The second kappa shape index (κ2) is 5.43. The highest BCUT2D eigenvalue weighted by molar-refractivity contribution is 9.10. The monoisotopic (exact) mass is 288 g/mol. The summed E-state index contributed by atoms with van der Waals surface area (Å²) in [4.78, 5) is 4.02. The summed E-state index contributed by atoms with van der Waals surface area (Å²) in [6.07, 6.45) is 1.29. The Morgan fingerprint density at radius 3 is 3.07 bits per heavy atom. The lowest BCUT2D eigenvalue weighted by Gasteiger charge is -2.26. The van der Waals surface area contributed by atoms with E-state index < -0.39 is 0 Å². The SMILES string of the molecule is CCN(Cc1cc(Br)cs1)C1CCNC1. The topological polar surface area (TPSA) is 15.3 Å². The predicted octanol–water partition coefficient (Wildman–Crippen LogP) is 2.69. The number of halogens is 1. The Bertz CT molecular complexity index is 307. The van der Waals surface area contributed by atoms with Crippen LogP contribution in [0.2, 0.25) is 0 Å². The Balaban J connectivity index is 1.95. The van der Waals surface area contributed by atoms with Crippen LogP contribution in [0.4, 0.5) is 0 Å². The van der Waals surface area contributed by atoms with Crippen LogP contribution in [-0.4, -0.2) is 30.6 Å². The van der Waals surface area contributed by atoms with E-state index in [4.69, 9.17) is 0 Å². The molecule has 4 heteroatoms. The molecule has 15 heavy (non-hydrogen) atoms. The van der Waals surface area contributed by atoms with Gasteiger partial charge in [-0.3, -0.25) is 4.90 Å². The van der Waals surface area contributed by atoms with Crippen LogP contribution in [0.15, 0.2) is 15.9 Å². The van der Waals surface area contributed by atoms with Gasteiger partial charge in [0.15, 0.2) is 0 Å². The van der Waals surface area contributed by atoms with Gasteiger partial charge in [0.05, 0.1) is 0 Å². The minimum Gasteiger partial charge on any atom is -0.315 e. The van der Waals surface area contributed by atoms with E-state index in [-0.39, 0.29) is 0 Å². The van der Waals surface area contributed by atoms with Gasteiger partial charge in [-0.05, 0) is 41.5 Å². The number of hydrogen-bond donors (Lipinski definition) is 1. The molecule has 1 fully saturated rings. The number of nitrogens with zero attached hydrogens (tertiary/aromatic N) is 1. The molecule has 84 valence electrons. The molecule has 2 heterocycles. The van der Waals surface area contributed by atoms with Crippen molar-refractivity contribution in [2.24, 2.45) is 0 Å². The van der Waals surface area contributed by atoms with Crippen LogP contribution in [0.25, 0.3) is 0 Å². The molecule has 0 aromatic carbocycles. The Morgan fingerprint density at radius 1 is 1.67 bits per heavy atom. The number of nitrogens with one attached hydrogen (secondary N) is 1. The highest BCUT2D eigenvalue weighted by Crippen LogP contribution is 2.22. The average molecular weight is 289 g/mol. The van der Waals surface area contributed by atoms with Gasteiger partial charge in [0.1, 0.15) is 0 Å². The third kappa shape index (κ3) is 3.03. The summed E-state index contributed by atoms with van der Waals surface area (Å²) < 4.78 is 1.21. The van der Waals surface area contributed by atoms with Crippen molar-refractivity contribution in [3.05, 3.63) is 20.8 Å². The van der Waals surface area contributed by atoms with Gasteiger partial charge in [-0.25, -0.2) is 0 Å². The van der Waals surface area contributed by atoms with E-state index in [1.807, 2.05) is 11.3 Å². The third-order valence-corrected chi connectivity index (χ3v) is 4.62. The lowest BCUT2D eigenvalue weighted by Crippen LogP contribution is -2.35. The second-order valence-electron chi connectivity index (χ2n) is 3.94. The summed E-state index contributed by atoms with van der Waals surface area (Å²) in [5.41, 5.74) is 0. The van der Waals surface area contributed by atoms with Crippen molar-refractivity contribution in [2.45, 2.75) is 25.9 Å². The zero-order valence-electron chi connectivity index (χ0n) is 9.00. The molecule has 0 bridgehead atoms. The summed E-state index contributed by atoms with van der Waals surface area (Å²) in [6.45, 7) is 6.82.